The molecule has 1 aromatic rings. The summed E-state index contributed by atoms with van der Waals surface area (Å²) < 4.78 is 22.5. The van der Waals surface area contributed by atoms with Gasteiger partial charge in [0.1, 0.15) is 0 Å². The van der Waals surface area contributed by atoms with Gasteiger partial charge in [-0.05, 0) is 12.5 Å². The molecule has 2 heterocycles. The van der Waals surface area contributed by atoms with Gasteiger partial charge in [0.15, 0.2) is 9.84 Å². The Balaban J connectivity index is 2.08. The van der Waals surface area contributed by atoms with Gasteiger partial charge in [-0.15, -0.1) is 0 Å². The largest absolute Gasteiger partial charge is 0.380 e. The summed E-state index contributed by atoms with van der Waals surface area (Å²) in [7, 11) is -2.85. The van der Waals surface area contributed by atoms with Crippen molar-refractivity contribution in [2.24, 2.45) is 0 Å². The lowest BCUT2D eigenvalue weighted by Gasteiger charge is -2.12. The Kier molecular flexibility index (Phi) is 2.84. The number of hydrogen-bond acceptors (Lipinski definition) is 4. The van der Waals surface area contributed by atoms with Crippen molar-refractivity contribution in [2.75, 3.05) is 16.8 Å². The molecule has 0 amide bonds. The van der Waals surface area contributed by atoms with Gasteiger partial charge in [0.05, 0.1) is 22.2 Å². The highest BCUT2D eigenvalue weighted by atomic mass is 35.5. The molecular formula is C9H11ClN2O2S. The van der Waals surface area contributed by atoms with Crippen molar-refractivity contribution in [2.45, 2.75) is 12.5 Å². The Labute approximate surface area is 93.6 Å². The van der Waals surface area contributed by atoms with Crippen LogP contribution >= 0.6 is 11.6 Å². The summed E-state index contributed by atoms with van der Waals surface area (Å²) in [4.78, 5) is 3.86. The molecule has 0 aromatic carbocycles. The van der Waals surface area contributed by atoms with Gasteiger partial charge in [0, 0.05) is 18.4 Å². The molecule has 2 rings (SSSR count). The maximum absolute atomic E-state index is 11.2. The zero-order chi connectivity index (χ0) is 10.9. The number of nitrogens with one attached hydrogen (secondary N) is 1. The summed E-state index contributed by atoms with van der Waals surface area (Å²) in [5, 5.41) is 3.63. The van der Waals surface area contributed by atoms with Gasteiger partial charge in [-0.1, -0.05) is 11.6 Å². The van der Waals surface area contributed by atoms with E-state index in [0.29, 0.717) is 11.4 Å². The van der Waals surface area contributed by atoms with E-state index < -0.39 is 9.84 Å². The van der Waals surface area contributed by atoms with E-state index >= 15 is 0 Å². The second-order valence-corrected chi connectivity index (χ2v) is 6.24. The highest BCUT2D eigenvalue weighted by Crippen LogP contribution is 2.23. The Bertz CT molecular complexity index is 461. The minimum Gasteiger partial charge on any atom is -0.380 e. The van der Waals surface area contributed by atoms with Gasteiger partial charge >= 0.3 is 0 Å². The highest BCUT2D eigenvalue weighted by Gasteiger charge is 2.27. The van der Waals surface area contributed by atoms with Crippen LogP contribution in [-0.2, 0) is 9.84 Å². The van der Waals surface area contributed by atoms with Crippen LogP contribution in [-0.4, -0.2) is 30.9 Å². The lowest BCUT2D eigenvalue weighted by Crippen LogP contribution is -2.20. The van der Waals surface area contributed by atoms with Crippen molar-refractivity contribution < 1.29 is 8.42 Å². The summed E-state index contributed by atoms with van der Waals surface area (Å²) in [5.74, 6) is 0.443. The average Bonchev–Trinajstić information content (AvgIpc) is 2.50. The van der Waals surface area contributed by atoms with Crippen molar-refractivity contribution in [3.05, 3.63) is 23.5 Å². The Hall–Kier alpha value is -0.810. The first-order valence-corrected chi connectivity index (χ1v) is 6.83. The van der Waals surface area contributed by atoms with Gasteiger partial charge in [-0.3, -0.25) is 4.98 Å². The molecule has 0 aliphatic carbocycles. The average molecular weight is 247 g/mol. The lowest BCUT2D eigenvalue weighted by atomic mass is 10.2. The molecule has 1 fully saturated rings. The monoisotopic (exact) mass is 246 g/mol. The molecule has 0 spiro atoms. The predicted octanol–water partition coefficient (Wildman–Crippen LogP) is 1.33. The van der Waals surface area contributed by atoms with E-state index in [2.05, 4.69) is 10.3 Å². The molecule has 4 nitrogen and oxygen atoms in total. The number of nitrogens with zero attached hydrogens (tertiary/aromatic N) is 1. The molecule has 6 heteroatoms. The van der Waals surface area contributed by atoms with Gasteiger partial charge < -0.3 is 5.32 Å². The molecule has 1 atom stereocenters. The fourth-order valence-electron chi connectivity index (χ4n) is 1.62. The highest BCUT2D eigenvalue weighted by molar-refractivity contribution is 7.91. The van der Waals surface area contributed by atoms with Crippen LogP contribution in [0.3, 0.4) is 0 Å². The standard InChI is InChI=1S/C9H11ClN2O2S/c10-8-5-11-3-1-9(8)12-7-2-4-15(13,14)6-7/h1,3,5,7H,2,4,6H2,(H,11,12). The van der Waals surface area contributed by atoms with E-state index in [1.165, 1.54) is 6.20 Å². The van der Waals surface area contributed by atoms with E-state index in [1.54, 1.807) is 12.3 Å². The third-order valence-electron chi connectivity index (χ3n) is 2.36. The van der Waals surface area contributed by atoms with Crippen molar-refractivity contribution in [3.63, 3.8) is 0 Å². The second-order valence-electron chi connectivity index (χ2n) is 3.60. The van der Waals surface area contributed by atoms with Crippen molar-refractivity contribution in [3.8, 4) is 0 Å². The predicted molar refractivity (Wildman–Crippen MR) is 59.9 cm³/mol. The molecule has 1 unspecified atom stereocenters. The first-order chi connectivity index (χ1) is 7.07. The van der Waals surface area contributed by atoms with Gasteiger partial charge in [0.25, 0.3) is 0 Å². The fraction of sp³-hybridized carbons (Fsp3) is 0.444. The summed E-state index contributed by atoms with van der Waals surface area (Å²) in [6.07, 6.45) is 3.80. The third kappa shape index (κ3) is 2.60. The smallest absolute Gasteiger partial charge is 0.152 e. The quantitative estimate of drug-likeness (QED) is 0.856. The molecule has 0 bridgehead atoms. The molecule has 1 aromatic heterocycles. The van der Waals surface area contributed by atoms with Crippen LogP contribution in [0.1, 0.15) is 6.42 Å². The summed E-state index contributed by atoms with van der Waals surface area (Å²) >= 11 is 5.90. The van der Waals surface area contributed by atoms with Crippen molar-refractivity contribution >= 4 is 27.1 Å². The third-order valence-corrected chi connectivity index (χ3v) is 4.43. The van der Waals surface area contributed by atoms with Crippen LogP contribution in [0, 0.1) is 0 Å². The minimum atomic E-state index is -2.85. The number of halogens is 1. The number of hydrogen-bond donors (Lipinski definition) is 1. The van der Waals surface area contributed by atoms with E-state index in [0.717, 1.165) is 5.69 Å². The Morgan fingerprint density at radius 3 is 2.93 bits per heavy atom. The molecule has 15 heavy (non-hydrogen) atoms. The van der Waals surface area contributed by atoms with Crippen molar-refractivity contribution in [1.29, 1.82) is 0 Å². The zero-order valence-electron chi connectivity index (χ0n) is 7.98. The van der Waals surface area contributed by atoms with Crippen molar-refractivity contribution in [1.82, 2.24) is 4.98 Å². The first-order valence-electron chi connectivity index (χ1n) is 4.63. The SMILES string of the molecule is O=S1(=O)CCC(Nc2ccncc2Cl)C1. The molecule has 1 N–H and O–H groups in total. The van der Waals surface area contributed by atoms with Crippen LogP contribution in [0.4, 0.5) is 5.69 Å². The number of pyridine rings is 1. The first kappa shape index (κ1) is 10.7. The topological polar surface area (TPSA) is 59.1 Å². The van der Waals surface area contributed by atoms with Gasteiger partial charge in [0.2, 0.25) is 0 Å². The maximum Gasteiger partial charge on any atom is 0.152 e. The molecule has 1 aliphatic heterocycles. The van der Waals surface area contributed by atoms with E-state index in [4.69, 9.17) is 11.6 Å². The lowest BCUT2D eigenvalue weighted by molar-refractivity contribution is 0.602. The molecule has 1 aliphatic rings. The number of rotatable bonds is 2. The van der Waals surface area contributed by atoms with Crippen LogP contribution in [0.15, 0.2) is 18.5 Å². The van der Waals surface area contributed by atoms with Crippen LogP contribution in [0.5, 0.6) is 0 Å². The number of aromatic nitrogens is 1. The van der Waals surface area contributed by atoms with E-state index in [-0.39, 0.29) is 17.5 Å². The number of sulfone groups is 1. The number of anilines is 1. The molecular weight excluding hydrogens is 236 g/mol. The minimum absolute atomic E-state index is 0.0325. The van der Waals surface area contributed by atoms with Crippen LogP contribution in [0.25, 0.3) is 0 Å². The molecule has 0 saturated carbocycles. The van der Waals surface area contributed by atoms with Gasteiger partial charge in [-0.25, -0.2) is 8.42 Å². The normalized spacial score (nSPS) is 23.9. The summed E-state index contributed by atoms with van der Waals surface area (Å²) in [6.45, 7) is 0. The maximum atomic E-state index is 11.2. The second kappa shape index (κ2) is 3.98. The fourth-order valence-corrected chi connectivity index (χ4v) is 3.47. The van der Waals surface area contributed by atoms with Crippen LogP contribution in [0.2, 0.25) is 5.02 Å². The van der Waals surface area contributed by atoms with E-state index in [9.17, 15) is 8.42 Å². The molecule has 1 saturated heterocycles. The summed E-state index contributed by atoms with van der Waals surface area (Å²) in [6, 6.07) is 1.71. The molecule has 0 radical (unpaired) electrons. The van der Waals surface area contributed by atoms with Crippen LogP contribution < -0.4 is 5.32 Å². The van der Waals surface area contributed by atoms with Gasteiger partial charge in [-0.2, -0.15) is 0 Å². The Morgan fingerprint density at radius 2 is 2.33 bits per heavy atom. The zero-order valence-corrected chi connectivity index (χ0v) is 9.55. The molecule has 82 valence electrons. The van der Waals surface area contributed by atoms with E-state index in [1.807, 2.05) is 0 Å². The summed E-state index contributed by atoms with van der Waals surface area (Å²) in [5.41, 5.74) is 0.744. The Morgan fingerprint density at radius 1 is 1.53 bits per heavy atom.